The number of methoxy groups -OCH3 is 1. The van der Waals surface area contributed by atoms with Crippen molar-refractivity contribution in [3.8, 4) is 0 Å². The van der Waals surface area contributed by atoms with Crippen molar-refractivity contribution < 1.29 is 19.4 Å². The van der Waals surface area contributed by atoms with Crippen molar-refractivity contribution in [3.63, 3.8) is 0 Å². The second-order valence-corrected chi connectivity index (χ2v) is 4.47. The molecule has 0 aromatic rings. The second-order valence-electron chi connectivity index (χ2n) is 4.47. The molecule has 1 unspecified atom stereocenters. The molecule has 2 N–H and O–H groups in total. The minimum atomic E-state index is -0.922. The van der Waals surface area contributed by atoms with Crippen LogP contribution in [0.15, 0.2) is 0 Å². The molecule has 0 radical (unpaired) electrons. The van der Waals surface area contributed by atoms with Gasteiger partial charge in [-0.25, -0.2) is 0 Å². The Morgan fingerprint density at radius 3 is 2.17 bits per heavy atom. The van der Waals surface area contributed by atoms with Gasteiger partial charge in [0, 0.05) is 19.6 Å². The molecule has 0 fully saturated rings. The molecule has 5 nitrogen and oxygen atoms in total. The van der Waals surface area contributed by atoms with Crippen molar-refractivity contribution in [3.05, 3.63) is 0 Å². The number of carbonyl (C=O) groups excluding carboxylic acids is 1. The fraction of sp³-hybridized carbons (Fsp3) is 0.846. The van der Waals surface area contributed by atoms with Crippen LogP contribution < -0.4 is 5.32 Å². The first-order chi connectivity index (χ1) is 8.54. The van der Waals surface area contributed by atoms with Gasteiger partial charge in [-0.2, -0.15) is 0 Å². The number of hydrogen-bond donors (Lipinski definition) is 2. The molecular weight excluding hydrogens is 234 g/mol. The Kier molecular flexibility index (Phi) is 9.28. The molecule has 106 valence electrons. The lowest BCUT2D eigenvalue weighted by Crippen LogP contribution is -2.38. The number of rotatable bonds is 10. The van der Waals surface area contributed by atoms with Gasteiger partial charge in [-0.3, -0.25) is 9.59 Å². The predicted octanol–water partition coefficient (Wildman–Crippen LogP) is 1.81. The van der Waals surface area contributed by atoms with E-state index >= 15 is 0 Å². The van der Waals surface area contributed by atoms with E-state index in [0.717, 1.165) is 25.7 Å². The van der Waals surface area contributed by atoms with Gasteiger partial charge in [-0.05, 0) is 12.8 Å². The lowest BCUT2D eigenvalue weighted by Gasteiger charge is -2.18. The van der Waals surface area contributed by atoms with Gasteiger partial charge in [0.05, 0.1) is 12.5 Å². The van der Waals surface area contributed by atoms with E-state index in [-0.39, 0.29) is 24.8 Å². The number of nitrogens with one attached hydrogen (secondary N) is 1. The Morgan fingerprint density at radius 1 is 1.22 bits per heavy atom. The molecule has 0 rings (SSSR count). The Balaban J connectivity index is 4.14. The Bertz CT molecular complexity index is 249. The van der Waals surface area contributed by atoms with Crippen molar-refractivity contribution in [1.82, 2.24) is 5.32 Å². The maximum Gasteiger partial charge on any atom is 0.306 e. The Hall–Kier alpha value is -1.10. The van der Waals surface area contributed by atoms with E-state index in [2.05, 4.69) is 19.2 Å². The lowest BCUT2D eigenvalue weighted by molar-refractivity contribution is -0.140. The van der Waals surface area contributed by atoms with Crippen LogP contribution in [-0.2, 0) is 14.3 Å². The van der Waals surface area contributed by atoms with Crippen LogP contribution in [-0.4, -0.2) is 36.7 Å². The lowest BCUT2D eigenvalue weighted by atomic mass is 9.97. The minimum absolute atomic E-state index is 0.00568. The summed E-state index contributed by atoms with van der Waals surface area (Å²) >= 11 is 0. The molecule has 0 saturated carbocycles. The van der Waals surface area contributed by atoms with Gasteiger partial charge in [-0.15, -0.1) is 0 Å². The van der Waals surface area contributed by atoms with Crippen molar-refractivity contribution in [2.75, 3.05) is 13.7 Å². The first-order valence-electron chi connectivity index (χ1n) is 6.57. The normalized spacial score (nSPS) is 12.4. The van der Waals surface area contributed by atoms with Crippen LogP contribution in [0.3, 0.4) is 0 Å². The monoisotopic (exact) mass is 259 g/mol. The zero-order valence-electron chi connectivity index (χ0n) is 11.6. The van der Waals surface area contributed by atoms with Crippen molar-refractivity contribution in [2.45, 2.75) is 52.1 Å². The standard InChI is InChI=1S/C13H25NO4/c1-4-6-10(7-5-2)13(17)14-9-11(18-3)8-12(15)16/h10-11H,4-9H2,1-3H3,(H,14,17)(H,15,16). The third-order valence-electron chi connectivity index (χ3n) is 2.88. The van der Waals surface area contributed by atoms with Crippen LogP contribution in [0.5, 0.6) is 0 Å². The summed E-state index contributed by atoms with van der Waals surface area (Å²) in [5, 5.41) is 11.4. The van der Waals surface area contributed by atoms with Gasteiger partial charge in [0.15, 0.2) is 0 Å². The summed E-state index contributed by atoms with van der Waals surface area (Å²) < 4.78 is 5.02. The Morgan fingerprint density at radius 2 is 1.78 bits per heavy atom. The van der Waals surface area contributed by atoms with Crippen LogP contribution in [0.4, 0.5) is 0 Å². The SMILES string of the molecule is CCCC(CCC)C(=O)NCC(CC(=O)O)OC. The number of aliphatic carboxylic acids is 1. The van der Waals surface area contributed by atoms with Crippen LogP contribution in [0.2, 0.25) is 0 Å². The van der Waals surface area contributed by atoms with Crippen LogP contribution in [0, 0.1) is 5.92 Å². The molecule has 0 saturated heterocycles. The molecule has 1 atom stereocenters. The fourth-order valence-corrected chi connectivity index (χ4v) is 1.90. The van der Waals surface area contributed by atoms with E-state index in [4.69, 9.17) is 9.84 Å². The average molecular weight is 259 g/mol. The summed E-state index contributed by atoms with van der Waals surface area (Å²) in [6, 6.07) is 0. The molecule has 0 bridgehead atoms. The molecule has 0 aliphatic heterocycles. The van der Waals surface area contributed by atoms with E-state index in [0.29, 0.717) is 0 Å². The molecular formula is C13H25NO4. The third kappa shape index (κ3) is 7.27. The molecule has 0 aromatic carbocycles. The smallest absolute Gasteiger partial charge is 0.306 e. The first-order valence-corrected chi connectivity index (χ1v) is 6.57. The zero-order chi connectivity index (χ0) is 14.0. The van der Waals surface area contributed by atoms with Crippen molar-refractivity contribution in [2.24, 2.45) is 5.92 Å². The summed E-state index contributed by atoms with van der Waals surface area (Å²) in [7, 11) is 1.45. The minimum Gasteiger partial charge on any atom is -0.481 e. The van der Waals surface area contributed by atoms with E-state index in [1.54, 1.807) is 0 Å². The predicted molar refractivity (Wildman–Crippen MR) is 69.4 cm³/mol. The van der Waals surface area contributed by atoms with E-state index in [1.165, 1.54) is 7.11 Å². The number of hydrogen-bond acceptors (Lipinski definition) is 3. The van der Waals surface area contributed by atoms with Crippen molar-refractivity contribution >= 4 is 11.9 Å². The number of carbonyl (C=O) groups is 2. The van der Waals surface area contributed by atoms with Crippen molar-refractivity contribution in [1.29, 1.82) is 0 Å². The quantitative estimate of drug-likeness (QED) is 0.627. The van der Waals surface area contributed by atoms with Crippen LogP contribution in [0.1, 0.15) is 46.0 Å². The highest BCUT2D eigenvalue weighted by Crippen LogP contribution is 2.13. The highest BCUT2D eigenvalue weighted by molar-refractivity contribution is 5.78. The number of ether oxygens (including phenoxy) is 1. The third-order valence-corrected chi connectivity index (χ3v) is 2.88. The highest BCUT2D eigenvalue weighted by Gasteiger charge is 2.19. The van der Waals surface area contributed by atoms with Gasteiger partial charge >= 0.3 is 5.97 Å². The summed E-state index contributed by atoms with van der Waals surface area (Å²) in [4.78, 5) is 22.5. The van der Waals surface area contributed by atoms with Crippen LogP contribution in [0.25, 0.3) is 0 Å². The number of carboxylic acids is 1. The topological polar surface area (TPSA) is 75.6 Å². The summed E-state index contributed by atoms with van der Waals surface area (Å²) in [5.74, 6) is -0.886. The first kappa shape index (κ1) is 16.9. The van der Waals surface area contributed by atoms with Gasteiger partial charge in [0.1, 0.15) is 0 Å². The highest BCUT2D eigenvalue weighted by atomic mass is 16.5. The van der Waals surface area contributed by atoms with Gasteiger partial charge in [0.2, 0.25) is 5.91 Å². The van der Waals surface area contributed by atoms with Gasteiger partial charge < -0.3 is 15.2 Å². The zero-order valence-corrected chi connectivity index (χ0v) is 11.6. The largest absolute Gasteiger partial charge is 0.481 e. The fourth-order valence-electron chi connectivity index (χ4n) is 1.90. The molecule has 0 aliphatic carbocycles. The molecule has 18 heavy (non-hydrogen) atoms. The second kappa shape index (κ2) is 9.88. The number of carboxylic acid groups (broad SMARTS) is 1. The Labute approximate surface area is 109 Å². The molecule has 0 heterocycles. The van der Waals surface area contributed by atoms with Gasteiger partial charge in [-0.1, -0.05) is 26.7 Å². The summed E-state index contributed by atoms with van der Waals surface area (Å²) in [6.45, 7) is 4.36. The molecule has 0 aromatic heterocycles. The maximum atomic E-state index is 11.9. The van der Waals surface area contributed by atoms with Crippen LogP contribution >= 0.6 is 0 Å². The molecule has 0 spiro atoms. The van der Waals surface area contributed by atoms with Gasteiger partial charge in [0.25, 0.3) is 0 Å². The average Bonchev–Trinajstić information content (AvgIpc) is 2.33. The van der Waals surface area contributed by atoms with E-state index in [9.17, 15) is 9.59 Å². The van der Waals surface area contributed by atoms with E-state index in [1.807, 2.05) is 0 Å². The van der Waals surface area contributed by atoms with E-state index < -0.39 is 12.1 Å². The summed E-state index contributed by atoms with van der Waals surface area (Å²) in [5.41, 5.74) is 0. The molecule has 5 heteroatoms. The maximum absolute atomic E-state index is 11.9. The molecule has 1 amide bonds. The molecule has 0 aliphatic rings. The summed E-state index contributed by atoms with van der Waals surface area (Å²) in [6.07, 6.45) is 3.13. The number of amides is 1.